The quantitative estimate of drug-likeness (QED) is 0.243. The van der Waals surface area contributed by atoms with Crippen LogP contribution in [0.2, 0.25) is 0 Å². The molecule has 6 rings (SSSR count). The van der Waals surface area contributed by atoms with Crippen molar-refractivity contribution in [2.24, 2.45) is 17.8 Å². The van der Waals surface area contributed by atoms with Crippen LogP contribution in [0, 0.1) is 31.6 Å². The number of fused-ring (bicyclic) bond motifs is 2. The summed E-state index contributed by atoms with van der Waals surface area (Å²) in [6.07, 6.45) is 15.4. The fraction of sp³-hybridized carbons (Fsp3) is 0.429. The lowest BCUT2D eigenvalue weighted by Gasteiger charge is -2.30. The highest BCUT2D eigenvalue weighted by Gasteiger charge is 2.31. The van der Waals surface area contributed by atoms with Gasteiger partial charge in [0, 0.05) is 5.92 Å². The van der Waals surface area contributed by atoms with Crippen LogP contribution in [0.15, 0.2) is 66.8 Å². The monoisotopic (exact) mass is 554 g/mol. The Morgan fingerprint density at radius 2 is 1.64 bits per heavy atom. The number of benzene rings is 3. The molecule has 0 aromatic heterocycles. The van der Waals surface area contributed by atoms with E-state index in [4.69, 9.17) is 0 Å². The maximum absolute atomic E-state index is 4.28. The predicted molar refractivity (Wildman–Crippen MR) is 184 cm³/mol. The van der Waals surface area contributed by atoms with E-state index in [1.165, 1.54) is 99.7 Å². The van der Waals surface area contributed by atoms with Crippen LogP contribution >= 0.6 is 0 Å². The van der Waals surface area contributed by atoms with E-state index < -0.39 is 0 Å². The van der Waals surface area contributed by atoms with Crippen LogP contribution in [0.5, 0.6) is 0 Å². The molecule has 0 aliphatic heterocycles. The molecule has 1 fully saturated rings. The maximum Gasteiger partial charge on any atom is 0.000174 e. The Morgan fingerprint density at radius 1 is 0.929 bits per heavy atom. The van der Waals surface area contributed by atoms with Crippen molar-refractivity contribution in [3.05, 3.63) is 111 Å². The molecule has 3 aromatic rings. The molecule has 1 unspecified atom stereocenters. The minimum absolute atomic E-state index is 0.526. The van der Waals surface area contributed by atoms with Crippen LogP contribution in [0.25, 0.3) is 28.3 Å². The molecular weight excluding hydrogens is 504 g/mol. The molecule has 0 N–H and O–H groups in total. The number of hydrogen-bond donors (Lipinski definition) is 0. The summed E-state index contributed by atoms with van der Waals surface area (Å²) in [5.41, 5.74) is 18.6. The average molecular weight is 555 g/mol. The van der Waals surface area contributed by atoms with Crippen LogP contribution in [0.4, 0.5) is 0 Å². The van der Waals surface area contributed by atoms with Crippen LogP contribution in [-0.4, -0.2) is 0 Å². The summed E-state index contributed by atoms with van der Waals surface area (Å²) in [4.78, 5) is 0. The Labute approximate surface area is 255 Å². The van der Waals surface area contributed by atoms with E-state index in [2.05, 4.69) is 109 Å². The molecule has 0 spiro atoms. The Balaban J connectivity index is 1.29. The van der Waals surface area contributed by atoms with Crippen molar-refractivity contribution < 1.29 is 0 Å². The van der Waals surface area contributed by atoms with E-state index in [0.717, 1.165) is 30.6 Å². The van der Waals surface area contributed by atoms with Gasteiger partial charge in [0.25, 0.3) is 0 Å². The third-order valence-corrected chi connectivity index (χ3v) is 10.4. The molecule has 3 aliphatic carbocycles. The number of allylic oxidation sites excluding steroid dienone is 4. The summed E-state index contributed by atoms with van der Waals surface area (Å²) in [5, 5.41) is 0. The smallest absolute Gasteiger partial charge is 0.000174 e. The normalized spacial score (nSPS) is 21.3. The lowest BCUT2D eigenvalue weighted by Crippen LogP contribution is -2.16. The summed E-state index contributed by atoms with van der Waals surface area (Å²) in [6, 6.07) is 19.0. The molecule has 3 aromatic carbocycles. The van der Waals surface area contributed by atoms with Crippen molar-refractivity contribution in [3.8, 4) is 11.1 Å². The third-order valence-electron chi connectivity index (χ3n) is 10.4. The van der Waals surface area contributed by atoms with Gasteiger partial charge in [0.15, 0.2) is 0 Å². The van der Waals surface area contributed by atoms with Gasteiger partial charge in [-0.2, -0.15) is 0 Å². The summed E-state index contributed by atoms with van der Waals surface area (Å²) in [5.74, 6) is 3.03. The molecule has 218 valence electrons. The first-order valence-corrected chi connectivity index (χ1v) is 16.6. The SMILES string of the molecule is C=C(C)Cc1c(C)cc2c(c1-c1ccc(C)cc1)CC(c1ccc3c(c1)C(C1CCC(CCC(C)C)CC1)=CC3C)=C2. The molecule has 1 saturated carbocycles. The molecule has 0 amide bonds. The van der Waals surface area contributed by atoms with Crippen molar-refractivity contribution in [2.75, 3.05) is 0 Å². The standard InChI is InChI=1S/C42H50/c1-26(2)8-11-31-12-16-32(17-13-31)39-22-30(7)37-19-18-34(24-41(37)39)35-23-36-21-29(6)38(20-27(3)4)42(40(36)25-35)33-14-9-28(5)10-15-33/h9-10,14-15,18-19,21-24,26,30-32H,3,8,11-13,16-17,20,25H2,1-2,4-7H3. The molecule has 0 saturated heterocycles. The van der Waals surface area contributed by atoms with E-state index >= 15 is 0 Å². The van der Waals surface area contributed by atoms with Crippen molar-refractivity contribution in [1.82, 2.24) is 0 Å². The predicted octanol–water partition coefficient (Wildman–Crippen LogP) is 11.9. The van der Waals surface area contributed by atoms with Gasteiger partial charge in [-0.25, -0.2) is 0 Å². The second-order valence-corrected chi connectivity index (χ2v) is 14.4. The van der Waals surface area contributed by atoms with Gasteiger partial charge in [0.2, 0.25) is 0 Å². The fourth-order valence-corrected chi connectivity index (χ4v) is 8.00. The van der Waals surface area contributed by atoms with E-state index in [1.807, 2.05) is 0 Å². The van der Waals surface area contributed by atoms with Crippen molar-refractivity contribution in [2.45, 2.75) is 98.8 Å². The first-order chi connectivity index (χ1) is 20.2. The van der Waals surface area contributed by atoms with Crippen LogP contribution in [0.1, 0.15) is 117 Å². The fourth-order valence-electron chi connectivity index (χ4n) is 8.00. The van der Waals surface area contributed by atoms with E-state index in [0.29, 0.717) is 5.92 Å². The Kier molecular flexibility index (Phi) is 8.19. The number of rotatable bonds is 8. The molecule has 0 radical (unpaired) electrons. The molecule has 0 heteroatoms. The Morgan fingerprint density at radius 3 is 2.33 bits per heavy atom. The van der Waals surface area contributed by atoms with Gasteiger partial charge < -0.3 is 0 Å². The van der Waals surface area contributed by atoms with Crippen LogP contribution in [-0.2, 0) is 12.8 Å². The second kappa shape index (κ2) is 11.9. The van der Waals surface area contributed by atoms with Gasteiger partial charge in [-0.15, -0.1) is 0 Å². The zero-order valence-electron chi connectivity index (χ0n) is 26.9. The molecule has 0 bridgehead atoms. The Bertz CT molecular complexity index is 1550. The van der Waals surface area contributed by atoms with Gasteiger partial charge in [-0.1, -0.05) is 106 Å². The minimum atomic E-state index is 0.526. The van der Waals surface area contributed by atoms with Crippen molar-refractivity contribution >= 4 is 17.2 Å². The third kappa shape index (κ3) is 5.75. The zero-order valence-corrected chi connectivity index (χ0v) is 26.9. The summed E-state index contributed by atoms with van der Waals surface area (Å²) in [7, 11) is 0. The first kappa shape index (κ1) is 29.0. The molecule has 42 heavy (non-hydrogen) atoms. The molecule has 3 aliphatic rings. The molecule has 0 nitrogen and oxygen atoms in total. The largest absolute Gasteiger partial charge is 0.0998 e. The van der Waals surface area contributed by atoms with Crippen LogP contribution in [0.3, 0.4) is 0 Å². The topological polar surface area (TPSA) is 0 Å². The average Bonchev–Trinajstić information content (AvgIpc) is 3.53. The van der Waals surface area contributed by atoms with E-state index in [1.54, 1.807) is 11.1 Å². The van der Waals surface area contributed by atoms with E-state index in [9.17, 15) is 0 Å². The summed E-state index contributed by atoms with van der Waals surface area (Å²) >= 11 is 0. The maximum atomic E-state index is 4.28. The Hall–Kier alpha value is -3.12. The first-order valence-electron chi connectivity index (χ1n) is 16.6. The molecule has 0 heterocycles. The zero-order chi connectivity index (χ0) is 29.5. The van der Waals surface area contributed by atoms with Gasteiger partial charge >= 0.3 is 0 Å². The number of hydrogen-bond acceptors (Lipinski definition) is 0. The van der Waals surface area contributed by atoms with Gasteiger partial charge in [0.1, 0.15) is 0 Å². The lowest BCUT2D eigenvalue weighted by molar-refractivity contribution is 0.286. The highest BCUT2D eigenvalue weighted by Crippen LogP contribution is 2.48. The highest BCUT2D eigenvalue weighted by atomic mass is 14.4. The molecule has 1 atom stereocenters. The minimum Gasteiger partial charge on any atom is -0.0998 e. The van der Waals surface area contributed by atoms with Gasteiger partial charge in [-0.05, 0) is 144 Å². The second-order valence-electron chi connectivity index (χ2n) is 14.4. The van der Waals surface area contributed by atoms with Gasteiger partial charge in [-0.3, -0.25) is 0 Å². The lowest BCUT2D eigenvalue weighted by atomic mass is 9.75. The summed E-state index contributed by atoms with van der Waals surface area (Å²) in [6.45, 7) is 18.0. The van der Waals surface area contributed by atoms with Crippen LogP contribution < -0.4 is 0 Å². The van der Waals surface area contributed by atoms with Crippen molar-refractivity contribution in [1.29, 1.82) is 0 Å². The van der Waals surface area contributed by atoms with E-state index in [-0.39, 0.29) is 0 Å². The van der Waals surface area contributed by atoms with Crippen molar-refractivity contribution in [3.63, 3.8) is 0 Å². The van der Waals surface area contributed by atoms with Gasteiger partial charge in [0.05, 0.1) is 0 Å². The summed E-state index contributed by atoms with van der Waals surface area (Å²) < 4.78 is 0. The molecular formula is C42H50. The number of aryl methyl sites for hydroxylation is 2. The highest BCUT2D eigenvalue weighted by molar-refractivity contribution is 5.94.